The molecule has 28 heavy (non-hydrogen) atoms. The molecular formula is C21H18N4O3. The number of carbonyl (C=O) groups is 1. The number of fused-ring (bicyclic) bond motifs is 1. The molecule has 0 saturated heterocycles. The SMILES string of the molecule is CCOC(=O)c1cccc(-c2ccc(/C=N\Nc3nc4ccccc4[nH]3)o2)c1. The van der Waals surface area contributed by atoms with E-state index in [0.717, 1.165) is 16.6 Å². The summed E-state index contributed by atoms with van der Waals surface area (Å²) in [6.07, 6.45) is 1.56. The number of hydrazone groups is 1. The van der Waals surface area contributed by atoms with Gasteiger partial charge in [0.2, 0.25) is 5.95 Å². The highest BCUT2D eigenvalue weighted by Crippen LogP contribution is 2.23. The van der Waals surface area contributed by atoms with Crippen molar-refractivity contribution in [1.82, 2.24) is 9.97 Å². The molecule has 0 spiro atoms. The summed E-state index contributed by atoms with van der Waals surface area (Å²) in [5, 5.41) is 4.15. The van der Waals surface area contributed by atoms with Crippen molar-refractivity contribution < 1.29 is 13.9 Å². The van der Waals surface area contributed by atoms with Crippen LogP contribution in [0.15, 0.2) is 70.2 Å². The fourth-order valence-corrected chi connectivity index (χ4v) is 2.75. The van der Waals surface area contributed by atoms with Crippen LogP contribution in [0.25, 0.3) is 22.4 Å². The van der Waals surface area contributed by atoms with Gasteiger partial charge in [0.15, 0.2) is 0 Å². The number of nitrogens with one attached hydrogen (secondary N) is 2. The molecule has 0 aliphatic heterocycles. The lowest BCUT2D eigenvalue weighted by molar-refractivity contribution is 0.0526. The Bertz CT molecular complexity index is 1110. The van der Waals surface area contributed by atoms with Gasteiger partial charge in [0, 0.05) is 5.56 Å². The zero-order valence-electron chi connectivity index (χ0n) is 15.2. The van der Waals surface area contributed by atoms with E-state index in [1.165, 1.54) is 0 Å². The van der Waals surface area contributed by atoms with Gasteiger partial charge in [-0.05, 0) is 43.3 Å². The highest BCUT2D eigenvalue weighted by molar-refractivity contribution is 5.91. The molecule has 7 heteroatoms. The van der Waals surface area contributed by atoms with Crippen LogP contribution in [0.2, 0.25) is 0 Å². The Morgan fingerprint density at radius 1 is 1.21 bits per heavy atom. The van der Waals surface area contributed by atoms with Crippen molar-refractivity contribution in [2.45, 2.75) is 6.92 Å². The molecule has 0 fully saturated rings. The minimum atomic E-state index is -0.354. The van der Waals surface area contributed by atoms with Gasteiger partial charge in [0.1, 0.15) is 11.5 Å². The lowest BCUT2D eigenvalue weighted by Gasteiger charge is -2.03. The quantitative estimate of drug-likeness (QED) is 0.296. The number of benzene rings is 2. The largest absolute Gasteiger partial charge is 0.462 e. The third-order valence-corrected chi connectivity index (χ3v) is 4.04. The normalized spacial score (nSPS) is 11.2. The average molecular weight is 374 g/mol. The topological polar surface area (TPSA) is 92.5 Å². The average Bonchev–Trinajstić information content (AvgIpc) is 3.35. The summed E-state index contributed by atoms with van der Waals surface area (Å²) in [6, 6.07) is 18.5. The van der Waals surface area contributed by atoms with Crippen molar-refractivity contribution in [1.29, 1.82) is 0 Å². The summed E-state index contributed by atoms with van der Waals surface area (Å²) in [5.41, 5.74) is 5.92. The highest BCUT2D eigenvalue weighted by atomic mass is 16.5. The molecule has 2 heterocycles. The van der Waals surface area contributed by atoms with Crippen LogP contribution >= 0.6 is 0 Å². The molecule has 140 valence electrons. The Hall–Kier alpha value is -3.87. The second-order valence-electron chi connectivity index (χ2n) is 5.98. The summed E-state index contributed by atoms with van der Waals surface area (Å²) in [4.78, 5) is 19.4. The zero-order valence-corrected chi connectivity index (χ0v) is 15.2. The predicted octanol–water partition coefficient (Wildman–Crippen LogP) is 4.45. The van der Waals surface area contributed by atoms with Crippen LogP contribution in [0.1, 0.15) is 23.0 Å². The van der Waals surface area contributed by atoms with Crippen molar-refractivity contribution in [2.24, 2.45) is 5.10 Å². The second kappa shape index (κ2) is 7.79. The van der Waals surface area contributed by atoms with E-state index in [2.05, 4.69) is 20.5 Å². The van der Waals surface area contributed by atoms with Crippen LogP contribution in [0.3, 0.4) is 0 Å². The number of ether oxygens (including phenoxy) is 1. The smallest absolute Gasteiger partial charge is 0.338 e. The monoisotopic (exact) mass is 374 g/mol. The van der Waals surface area contributed by atoms with Crippen molar-refractivity contribution in [2.75, 3.05) is 12.0 Å². The van der Waals surface area contributed by atoms with Crippen molar-refractivity contribution in [3.8, 4) is 11.3 Å². The minimum absolute atomic E-state index is 0.336. The molecule has 2 N–H and O–H groups in total. The highest BCUT2D eigenvalue weighted by Gasteiger charge is 2.10. The molecule has 2 aromatic heterocycles. The van der Waals surface area contributed by atoms with Gasteiger partial charge in [-0.1, -0.05) is 24.3 Å². The molecule has 4 rings (SSSR count). The number of aromatic amines is 1. The maximum Gasteiger partial charge on any atom is 0.338 e. The van der Waals surface area contributed by atoms with E-state index >= 15 is 0 Å². The fraction of sp³-hybridized carbons (Fsp3) is 0.0952. The van der Waals surface area contributed by atoms with Crippen LogP contribution in [0.5, 0.6) is 0 Å². The van der Waals surface area contributed by atoms with E-state index in [-0.39, 0.29) is 5.97 Å². The Morgan fingerprint density at radius 3 is 2.96 bits per heavy atom. The van der Waals surface area contributed by atoms with Crippen LogP contribution in [-0.4, -0.2) is 28.8 Å². The number of esters is 1. The Balaban J connectivity index is 1.46. The summed E-state index contributed by atoms with van der Waals surface area (Å²) in [5.74, 6) is 1.40. The van der Waals surface area contributed by atoms with Gasteiger partial charge in [0.25, 0.3) is 0 Å². The van der Waals surface area contributed by atoms with Gasteiger partial charge in [-0.2, -0.15) is 5.10 Å². The lowest BCUT2D eigenvalue weighted by atomic mass is 10.1. The number of hydrogen-bond donors (Lipinski definition) is 2. The van der Waals surface area contributed by atoms with Gasteiger partial charge in [-0.15, -0.1) is 0 Å². The third-order valence-electron chi connectivity index (χ3n) is 4.04. The Labute approximate surface area is 161 Å². The zero-order chi connectivity index (χ0) is 19.3. The molecular weight excluding hydrogens is 356 g/mol. The van der Waals surface area contributed by atoms with Gasteiger partial charge in [-0.25, -0.2) is 15.2 Å². The first-order chi connectivity index (χ1) is 13.7. The van der Waals surface area contributed by atoms with E-state index < -0.39 is 0 Å². The number of carbonyl (C=O) groups excluding carboxylic acids is 1. The van der Waals surface area contributed by atoms with Gasteiger partial charge in [-0.3, -0.25) is 0 Å². The van der Waals surface area contributed by atoms with Crippen LogP contribution in [-0.2, 0) is 4.74 Å². The Morgan fingerprint density at radius 2 is 2.11 bits per heavy atom. The molecule has 0 unspecified atom stereocenters. The van der Waals surface area contributed by atoms with Crippen molar-refractivity contribution >= 4 is 29.2 Å². The van der Waals surface area contributed by atoms with E-state index in [0.29, 0.717) is 29.6 Å². The molecule has 0 saturated carbocycles. The molecule has 2 aromatic carbocycles. The summed E-state index contributed by atoms with van der Waals surface area (Å²) < 4.78 is 10.8. The number of para-hydroxylation sites is 2. The van der Waals surface area contributed by atoms with Crippen LogP contribution in [0, 0.1) is 0 Å². The lowest BCUT2D eigenvalue weighted by Crippen LogP contribution is -2.04. The number of anilines is 1. The van der Waals surface area contributed by atoms with E-state index in [4.69, 9.17) is 9.15 Å². The van der Waals surface area contributed by atoms with Crippen molar-refractivity contribution in [3.05, 3.63) is 72.0 Å². The van der Waals surface area contributed by atoms with Gasteiger partial charge in [0.05, 0.1) is 29.4 Å². The number of nitrogens with zero attached hydrogens (tertiary/aromatic N) is 2. The third kappa shape index (κ3) is 3.78. The molecule has 0 bridgehead atoms. The first-order valence-corrected chi connectivity index (χ1v) is 8.84. The molecule has 0 amide bonds. The molecule has 7 nitrogen and oxygen atoms in total. The maximum absolute atomic E-state index is 11.9. The van der Waals surface area contributed by atoms with E-state index in [1.54, 1.807) is 37.4 Å². The van der Waals surface area contributed by atoms with Gasteiger partial charge >= 0.3 is 5.97 Å². The Kier molecular flexibility index (Phi) is 4.88. The number of H-pyrrole nitrogens is 1. The molecule has 0 atom stereocenters. The summed E-state index contributed by atoms with van der Waals surface area (Å²) in [6.45, 7) is 2.11. The number of furan rings is 1. The standard InChI is InChI=1S/C21H18N4O3/c1-2-27-20(26)15-7-5-6-14(12-15)19-11-10-16(28-19)13-22-25-21-23-17-8-3-4-9-18(17)24-21/h3-13H,2H2,1H3,(H2,23,24,25)/b22-13-. The second-order valence-corrected chi connectivity index (χ2v) is 5.98. The summed E-state index contributed by atoms with van der Waals surface area (Å²) >= 11 is 0. The fourth-order valence-electron chi connectivity index (χ4n) is 2.75. The molecule has 0 aliphatic rings. The molecule has 0 aliphatic carbocycles. The van der Waals surface area contributed by atoms with E-state index in [1.807, 2.05) is 36.4 Å². The maximum atomic E-state index is 11.9. The van der Waals surface area contributed by atoms with Crippen LogP contribution < -0.4 is 5.43 Å². The number of rotatable bonds is 6. The molecule has 4 aromatic rings. The van der Waals surface area contributed by atoms with E-state index in [9.17, 15) is 4.79 Å². The predicted molar refractivity (Wildman–Crippen MR) is 107 cm³/mol. The van der Waals surface area contributed by atoms with Crippen molar-refractivity contribution in [3.63, 3.8) is 0 Å². The van der Waals surface area contributed by atoms with Gasteiger partial charge < -0.3 is 14.1 Å². The number of hydrogen-bond acceptors (Lipinski definition) is 6. The molecule has 0 radical (unpaired) electrons. The number of aromatic nitrogens is 2. The first kappa shape index (κ1) is 17.5. The summed E-state index contributed by atoms with van der Waals surface area (Å²) in [7, 11) is 0. The number of imidazole rings is 1. The van der Waals surface area contributed by atoms with Crippen LogP contribution in [0.4, 0.5) is 5.95 Å². The first-order valence-electron chi connectivity index (χ1n) is 8.84. The minimum Gasteiger partial charge on any atom is -0.462 e.